The molecule has 2 heterocycles. The summed E-state index contributed by atoms with van der Waals surface area (Å²) >= 11 is 6.48. The van der Waals surface area contributed by atoms with Gasteiger partial charge < -0.3 is 19.5 Å². The van der Waals surface area contributed by atoms with Crippen molar-refractivity contribution in [1.29, 1.82) is 0 Å². The summed E-state index contributed by atoms with van der Waals surface area (Å²) in [4.78, 5) is 1.38. The van der Waals surface area contributed by atoms with Gasteiger partial charge in [-0.25, -0.2) is 0 Å². The van der Waals surface area contributed by atoms with Crippen LogP contribution in [0.1, 0.15) is 5.56 Å². The van der Waals surface area contributed by atoms with Gasteiger partial charge in [0.15, 0.2) is 11.5 Å². The molecule has 0 saturated carbocycles. The highest BCUT2D eigenvalue weighted by Crippen LogP contribution is 2.32. The largest absolute Gasteiger partial charge is 0.454 e. The second-order valence-corrected chi connectivity index (χ2v) is 6.36. The summed E-state index contributed by atoms with van der Waals surface area (Å²) in [6.45, 7) is 4.50. The lowest BCUT2D eigenvalue weighted by Crippen LogP contribution is -3.09. The number of anilines is 1. The van der Waals surface area contributed by atoms with Crippen LogP contribution in [0.3, 0.4) is 0 Å². The fourth-order valence-corrected chi connectivity index (χ4v) is 3.37. The molecule has 0 bridgehead atoms. The molecule has 0 atom stereocenters. The molecule has 2 aliphatic rings. The zero-order chi connectivity index (χ0) is 16.4. The van der Waals surface area contributed by atoms with E-state index in [2.05, 4.69) is 17.4 Å². The van der Waals surface area contributed by atoms with Gasteiger partial charge in [-0.3, -0.25) is 4.90 Å². The predicted octanol–water partition coefficient (Wildman–Crippen LogP) is 2.23. The van der Waals surface area contributed by atoms with Crippen LogP contribution in [0.4, 0.5) is 11.4 Å². The molecule has 0 unspecified atom stereocenters. The van der Waals surface area contributed by atoms with E-state index in [0.717, 1.165) is 59.8 Å². The number of quaternary nitrogens is 1. The standard InChI is InChI=1S/C18H19ClN2O3/c19-15-10-14(2-3-16(15)21-5-7-22-8-6-21)20-11-13-1-4-17-18(9-13)24-12-23-17/h1-4,9-10,20H,5-8,11-12H2/p+1. The second-order valence-electron chi connectivity index (χ2n) is 5.95. The minimum Gasteiger partial charge on any atom is -0.454 e. The first-order valence-electron chi connectivity index (χ1n) is 8.14. The number of ether oxygens (including phenoxy) is 3. The average molecular weight is 348 g/mol. The number of fused-ring (bicyclic) bond motifs is 1. The van der Waals surface area contributed by atoms with Crippen molar-refractivity contribution in [2.24, 2.45) is 0 Å². The van der Waals surface area contributed by atoms with E-state index < -0.39 is 0 Å². The fourth-order valence-electron chi connectivity index (χ4n) is 3.05. The van der Waals surface area contributed by atoms with Crippen LogP contribution in [0, 0.1) is 0 Å². The number of hydrogen-bond acceptors (Lipinski definition) is 4. The fraction of sp³-hybridized carbons (Fsp3) is 0.333. The molecule has 0 aliphatic carbocycles. The smallest absolute Gasteiger partial charge is 0.231 e. The Hall–Kier alpha value is -1.95. The third kappa shape index (κ3) is 3.29. The molecule has 1 fully saturated rings. The number of halogens is 1. The highest BCUT2D eigenvalue weighted by Gasteiger charge is 2.19. The zero-order valence-corrected chi connectivity index (χ0v) is 14.1. The molecule has 0 radical (unpaired) electrons. The molecule has 1 saturated heterocycles. The summed E-state index contributed by atoms with van der Waals surface area (Å²) in [7, 11) is 0. The number of hydrogen-bond donors (Lipinski definition) is 2. The summed E-state index contributed by atoms with van der Waals surface area (Å²) in [6.07, 6.45) is 0. The van der Waals surface area contributed by atoms with Crippen LogP contribution in [0.5, 0.6) is 11.5 Å². The van der Waals surface area contributed by atoms with Gasteiger partial charge in [0.25, 0.3) is 0 Å². The highest BCUT2D eigenvalue weighted by atomic mass is 35.5. The summed E-state index contributed by atoms with van der Waals surface area (Å²) in [5.74, 6) is 1.61. The predicted molar refractivity (Wildman–Crippen MR) is 92.5 cm³/mol. The molecule has 6 heteroatoms. The minimum absolute atomic E-state index is 0.299. The van der Waals surface area contributed by atoms with Crippen LogP contribution in [-0.4, -0.2) is 33.1 Å². The first kappa shape index (κ1) is 15.6. The molecule has 2 aromatic rings. The van der Waals surface area contributed by atoms with Gasteiger partial charge in [-0.05, 0) is 29.8 Å². The number of morpholine rings is 1. The lowest BCUT2D eigenvalue weighted by Gasteiger charge is -2.24. The van der Waals surface area contributed by atoms with Crippen LogP contribution < -0.4 is 19.7 Å². The maximum absolute atomic E-state index is 6.48. The zero-order valence-electron chi connectivity index (χ0n) is 13.3. The van der Waals surface area contributed by atoms with E-state index in [9.17, 15) is 0 Å². The van der Waals surface area contributed by atoms with E-state index in [1.165, 1.54) is 4.90 Å². The summed E-state index contributed by atoms with van der Waals surface area (Å²) < 4.78 is 16.1. The van der Waals surface area contributed by atoms with Crippen LogP contribution in [0.2, 0.25) is 5.02 Å². The molecule has 2 N–H and O–H groups in total. The number of nitrogens with one attached hydrogen (secondary N) is 2. The van der Waals surface area contributed by atoms with Crippen LogP contribution in [0.25, 0.3) is 0 Å². The SMILES string of the molecule is Clc1cc(NCc2ccc3c(c2)OCO3)ccc1[NH+]1CCOCC1. The second kappa shape index (κ2) is 6.89. The van der Waals surface area contributed by atoms with Gasteiger partial charge in [-0.15, -0.1) is 0 Å². The normalized spacial score (nSPS) is 17.0. The van der Waals surface area contributed by atoms with Crippen molar-refractivity contribution in [3.63, 3.8) is 0 Å². The third-order valence-corrected chi connectivity index (χ3v) is 4.69. The summed E-state index contributed by atoms with van der Waals surface area (Å²) in [6, 6.07) is 12.2. The Kier molecular flexibility index (Phi) is 4.47. The van der Waals surface area contributed by atoms with Gasteiger partial charge in [0, 0.05) is 18.3 Å². The minimum atomic E-state index is 0.299. The van der Waals surface area contributed by atoms with Gasteiger partial charge in [-0.1, -0.05) is 17.7 Å². The monoisotopic (exact) mass is 347 g/mol. The maximum Gasteiger partial charge on any atom is 0.231 e. The maximum atomic E-state index is 6.48. The van der Waals surface area contributed by atoms with Gasteiger partial charge in [0.05, 0.1) is 13.2 Å². The quantitative estimate of drug-likeness (QED) is 0.890. The van der Waals surface area contributed by atoms with Crippen LogP contribution >= 0.6 is 11.6 Å². The first-order chi connectivity index (χ1) is 11.8. The van der Waals surface area contributed by atoms with E-state index in [1.54, 1.807) is 0 Å². The van der Waals surface area contributed by atoms with Crippen molar-refractivity contribution in [3.05, 3.63) is 47.0 Å². The van der Waals surface area contributed by atoms with Crippen LogP contribution in [0.15, 0.2) is 36.4 Å². The van der Waals surface area contributed by atoms with Crippen molar-refractivity contribution in [1.82, 2.24) is 0 Å². The van der Waals surface area contributed by atoms with Crippen molar-refractivity contribution in [3.8, 4) is 11.5 Å². The Morgan fingerprint density at radius 2 is 1.83 bits per heavy atom. The number of rotatable bonds is 4. The lowest BCUT2D eigenvalue weighted by atomic mass is 10.2. The van der Waals surface area contributed by atoms with E-state index in [1.807, 2.05) is 24.3 Å². The Morgan fingerprint density at radius 1 is 1.00 bits per heavy atom. The van der Waals surface area contributed by atoms with Gasteiger partial charge in [0.2, 0.25) is 6.79 Å². The highest BCUT2D eigenvalue weighted by molar-refractivity contribution is 6.32. The molecule has 5 nitrogen and oxygen atoms in total. The van der Waals surface area contributed by atoms with Gasteiger partial charge in [0.1, 0.15) is 23.8 Å². The van der Waals surface area contributed by atoms with Crippen molar-refractivity contribution < 1.29 is 19.1 Å². The van der Waals surface area contributed by atoms with E-state index in [-0.39, 0.29) is 0 Å². The van der Waals surface area contributed by atoms with Crippen molar-refractivity contribution >= 4 is 23.0 Å². The third-order valence-electron chi connectivity index (χ3n) is 4.38. The van der Waals surface area contributed by atoms with E-state index in [0.29, 0.717) is 13.3 Å². The van der Waals surface area contributed by atoms with Gasteiger partial charge >= 0.3 is 0 Å². The molecule has 0 amide bonds. The molecule has 0 spiro atoms. The van der Waals surface area contributed by atoms with Crippen LogP contribution in [-0.2, 0) is 11.3 Å². The van der Waals surface area contributed by atoms with E-state index >= 15 is 0 Å². The molecule has 4 rings (SSSR count). The lowest BCUT2D eigenvalue weighted by molar-refractivity contribution is -0.842. The first-order valence-corrected chi connectivity index (χ1v) is 8.52. The summed E-state index contributed by atoms with van der Waals surface area (Å²) in [5, 5.41) is 4.20. The van der Waals surface area contributed by atoms with Crippen molar-refractivity contribution in [2.45, 2.75) is 6.54 Å². The molecular weight excluding hydrogens is 328 g/mol. The molecule has 2 aromatic carbocycles. The molecule has 24 heavy (non-hydrogen) atoms. The average Bonchev–Trinajstić information content (AvgIpc) is 3.08. The topological polar surface area (TPSA) is 44.2 Å². The van der Waals surface area contributed by atoms with E-state index in [4.69, 9.17) is 25.8 Å². The van der Waals surface area contributed by atoms with Gasteiger partial charge in [-0.2, -0.15) is 0 Å². The Bertz CT molecular complexity index is 732. The molecule has 126 valence electrons. The van der Waals surface area contributed by atoms with Crippen molar-refractivity contribution in [2.75, 3.05) is 38.4 Å². The Morgan fingerprint density at radius 3 is 2.67 bits per heavy atom. The summed E-state index contributed by atoms with van der Waals surface area (Å²) in [5.41, 5.74) is 3.29. The Balaban J connectivity index is 1.42. The Labute approximate surface area is 146 Å². The molecule has 2 aliphatic heterocycles. The molecule has 0 aromatic heterocycles. The molecular formula is C18H20ClN2O3+. The number of benzene rings is 2.